The fourth-order valence-electron chi connectivity index (χ4n) is 0.439. The van der Waals surface area contributed by atoms with Crippen LogP contribution in [0.1, 0.15) is 19.8 Å². The Hall–Kier alpha value is -0.810. The smallest absolute Gasteiger partial charge is 0.0940 e. The maximum absolute atomic E-state index is 8.75. The number of hydrogen-bond donors (Lipinski definition) is 1. The Balaban J connectivity index is 3.31. The van der Waals surface area contributed by atoms with Gasteiger partial charge in [-0.25, -0.2) is 0 Å². The summed E-state index contributed by atoms with van der Waals surface area (Å²) >= 11 is 0. The highest BCUT2D eigenvalue weighted by atomic mass is 16.3. The van der Waals surface area contributed by atoms with E-state index in [-0.39, 0.29) is 6.10 Å². The number of allylic oxidation sites excluding steroid dienone is 1. The van der Waals surface area contributed by atoms with E-state index in [0.717, 1.165) is 0 Å². The first-order valence-corrected chi connectivity index (χ1v) is 2.92. The third-order valence-electron chi connectivity index (χ3n) is 1.02. The van der Waals surface area contributed by atoms with Crippen LogP contribution >= 0.6 is 0 Å². The Morgan fingerprint density at radius 1 is 1.89 bits per heavy atom. The van der Waals surface area contributed by atoms with E-state index in [1.54, 1.807) is 6.92 Å². The van der Waals surface area contributed by atoms with Crippen molar-refractivity contribution in [2.75, 3.05) is 0 Å². The molecule has 0 aromatic rings. The van der Waals surface area contributed by atoms with Crippen LogP contribution in [0.25, 0.3) is 0 Å². The van der Waals surface area contributed by atoms with Gasteiger partial charge in [0.2, 0.25) is 0 Å². The summed E-state index contributed by atoms with van der Waals surface area (Å²) in [7, 11) is 0. The Morgan fingerprint density at radius 2 is 2.44 bits per heavy atom. The van der Waals surface area contributed by atoms with Gasteiger partial charge in [0.25, 0.3) is 0 Å². The van der Waals surface area contributed by atoms with Gasteiger partial charge in [0.05, 0.1) is 12.2 Å². The normalized spacial score (nSPS) is 12.1. The van der Waals surface area contributed by atoms with Crippen LogP contribution in [0.4, 0.5) is 0 Å². The fourth-order valence-corrected chi connectivity index (χ4v) is 0.439. The Morgan fingerprint density at radius 3 is 2.78 bits per heavy atom. The van der Waals surface area contributed by atoms with E-state index in [1.807, 2.05) is 6.07 Å². The molecule has 0 saturated heterocycles. The van der Waals surface area contributed by atoms with E-state index >= 15 is 0 Å². The number of aliphatic hydroxyl groups excluding tert-OH is 1. The molecule has 0 aromatic carbocycles. The summed E-state index contributed by atoms with van der Waals surface area (Å²) in [6.07, 6.45) is 0.913. The van der Waals surface area contributed by atoms with Crippen molar-refractivity contribution < 1.29 is 5.11 Å². The van der Waals surface area contributed by atoms with E-state index < -0.39 is 0 Å². The molecule has 2 heteroatoms. The Labute approximate surface area is 55.4 Å². The van der Waals surface area contributed by atoms with E-state index in [9.17, 15) is 0 Å². The van der Waals surface area contributed by atoms with Gasteiger partial charge in [-0.2, -0.15) is 5.26 Å². The zero-order chi connectivity index (χ0) is 7.28. The van der Waals surface area contributed by atoms with Crippen LogP contribution < -0.4 is 0 Å². The largest absolute Gasteiger partial charge is 0.393 e. The lowest BCUT2D eigenvalue weighted by Crippen LogP contribution is -1.98. The molecule has 2 nitrogen and oxygen atoms in total. The second kappa shape index (κ2) is 4.11. The van der Waals surface area contributed by atoms with Crippen molar-refractivity contribution >= 4 is 0 Å². The summed E-state index contributed by atoms with van der Waals surface area (Å²) in [5.41, 5.74) is 0.538. The van der Waals surface area contributed by atoms with Gasteiger partial charge in [0.1, 0.15) is 0 Å². The van der Waals surface area contributed by atoms with Crippen LogP contribution in [0.5, 0.6) is 0 Å². The van der Waals surface area contributed by atoms with Gasteiger partial charge in [0.15, 0.2) is 0 Å². The van der Waals surface area contributed by atoms with E-state index in [1.165, 1.54) is 0 Å². The molecule has 0 bridgehead atoms. The summed E-state index contributed by atoms with van der Waals surface area (Å²) in [6.45, 7) is 5.17. The van der Waals surface area contributed by atoms with Gasteiger partial charge in [-0.15, -0.1) is 0 Å². The van der Waals surface area contributed by atoms with Crippen molar-refractivity contribution in [2.45, 2.75) is 25.9 Å². The molecular formula is C7H11NO. The second-order valence-corrected chi connectivity index (χ2v) is 2.10. The first-order chi connectivity index (χ1) is 4.16. The van der Waals surface area contributed by atoms with Crippen LogP contribution in [0.2, 0.25) is 0 Å². The fraction of sp³-hybridized carbons (Fsp3) is 0.571. The third-order valence-corrected chi connectivity index (χ3v) is 1.02. The van der Waals surface area contributed by atoms with Crippen molar-refractivity contribution in [3.63, 3.8) is 0 Å². The van der Waals surface area contributed by atoms with Gasteiger partial charge in [-0.05, 0) is 19.8 Å². The molecule has 0 aliphatic carbocycles. The van der Waals surface area contributed by atoms with E-state index in [2.05, 4.69) is 6.58 Å². The average molecular weight is 125 g/mol. The molecule has 0 aliphatic heterocycles. The highest BCUT2D eigenvalue weighted by molar-refractivity contribution is 5.15. The van der Waals surface area contributed by atoms with Crippen LogP contribution in [0.3, 0.4) is 0 Å². The Bertz CT molecular complexity index is 132. The molecule has 1 N–H and O–H groups in total. The van der Waals surface area contributed by atoms with Gasteiger partial charge in [-0.1, -0.05) is 6.58 Å². The average Bonchev–Trinajstić information content (AvgIpc) is 1.83. The quantitative estimate of drug-likeness (QED) is 0.576. The summed E-state index contributed by atoms with van der Waals surface area (Å²) in [5.74, 6) is 0. The van der Waals surface area contributed by atoms with Gasteiger partial charge < -0.3 is 5.11 Å². The zero-order valence-electron chi connectivity index (χ0n) is 5.59. The maximum Gasteiger partial charge on any atom is 0.0940 e. The van der Waals surface area contributed by atoms with Crippen LogP contribution in [0.15, 0.2) is 12.2 Å². The predicted molar refractivity (Wildman–Crippen MR) is 35.7 cm³/mol. The summed E-state index contributed by atoms with van der Waals surface area (Å²) in [5, 5.41) is 17.0. The topological polar surface area (TPSA) is 44.0 Å². The van der Waals surface area contributed by atoms with E-state index in [0.29, 0.717) is 18.4 Å². The number of rotatable bonds is 3. The lowest BCUT2D eigenvalue weighted by atomic mass is 10.1. The summed E-state index contributed by atoms with van der Waals surface area (Å²) < 4.78 is 0. The van der Waals surface area contributed by atoms with Gasteiger partial charge in [-0.3, -0.25) is 0 Å². The van der Waals surface area contributed by atoms with Crippen molar-refractivity contribution in [1.29, 1.82) is 5.26 Å². The SMILES string of the molecule is C=C(C#N)CCC(C)O. The van der Waals surface area contributed by atoms with Crippen molar-refractivity contribution in [3.8, 4) is 6.07 Å². The van der Waals surface area contributed by atoms with Crippen molar-refractivity contribution in [1.82, 2.24) is 0 Å². The van der Waals surface area contributed by atoms with E-state index in [4.69, 9.17) is 10.4 Å². The molecule has 0 heterocycles. The highest BCUT2D eigenvalue weighted by Gasteiger charge is 1.96. The summed E-state index contributed by atoms with van der Waals surface area (Å²) in [4.78, 5) is 0. The van der Waals surface area contributed by atoms with Crippen LogP contribution in [0, 0.1) is 11.3 Å². The molecule has 0 amide bonds. The molecule has 0 saturated carbocycles. The molecule has 0 rings (SSSR count). The molecular weight excluding hydrogens is 114 g/mol. The molecule has 0 fully saturated rings. The number of nitrogens with zero attached hydrogens (tertiary/aromatic N) is 1. The Kier molecular flexibility index (Phi) is 3.74. The molecule has 0 aromatic heterocycles. The molecule has 0 aliphatic rings. The monoisotopic (exact) mass is 125 g/mol. The number of nitriles is 1. The number of hydrogen-bond acceptors (Lipinski definition) is 2. The first kappa shape index (κ1) is 8.19. The van der Waals surface area contributed by atoms with Crippen LogP contribution in [-0.2, 0) is 0 Å². The second-order valence-electron chi connectivity index (χ2n) is 2.10. The maximum atomic E-state index is 8.75. The minimum atomic E-state index is -0.324. The zero-order valence-corrected chi connectivity index (χ0v) is 5.59. The lowest BCUT2D eigenvalue weighted by molar-refractivity contribution is 0.185. The van der Waals surface area contributed by atoms with Gasteiger partial charge >= 0.3 is 0 Å². The third kappa shape index (κ3) is 5.05. The van der Waals surface area contributed by atoms with Crippen molar-refractivity contribution in [2.24, 2.45) is 0 Å². The minimum Gasteiger partial charge on any atom is -0.393 e. The number of aliphatic hydroxyl groups is 1. The van der Waals surface area contributed by atoms with Crippen molar-refractivity contribution in [3.05, 3.63) is 12.2 Å². The molecule has 0 radical (unpaired) electrons. The lowest BCUT2D eigenvalue weighted by Gasteiger charge is -1.99. The summed E-state index contributed by atoms with van der Waals surface area (Å²) in [6, 6.07) is 1.91. The minimum absolute atomic E-state index is 0.324. The first-order valence-electron chi connectivity index (χ1n) is 2.92. The predicted octanol–water partition coefficient (Wildman–Crippen LogP) is 1.23. The van der Waals surface area contributed by atoms with Crippen LogP contribution in [-0.4, -0.2) is 11.2 Å². The molecule has 9 heavy (non-hydrogen) atoms. The molecule has 1 atom stereocenters. The standard InChI is InChI=1S/C7H11NO/c1-6(5-8)3-4-7(2)9/h7,9H,1,3-4H2,2H3. The molecule has 1 unspecified atom stereocenters. The molecule has 0 spiro atoms. The molecule has 50 valence electrons. The van der Waals surface area contributed by atoms with Gasteiger partial charge in [0, 0.05) is 5.57 Å². The highest BCUT2D eigenvalue weighted by Crippen LogP contribution is 2.02.